The molecule has 1 aliphatic rings. The van der Waals surface area contributed by atoms with Crippen LogP contribution in [0.1, 0.15) is 23.7 Å². The number of nitrogens with zero attached hydrogens (tertiary/aromatic N) is 2. The third-order valence-corrected chi connectivity index (χ3v) is 3.25. The number of aryl methyl sites for hydroxylation is 2. The molecule has 0 aromatic carbocycles. The third kappa shape index (κ3) is 2.42. The Balaban J connectivity index is 2.42. The smallest absolute Gasteiger partial charge is 0.135 e. The number of pyridine rings is 1. The van der Waals surface area contributed by atoms with Crippen molar-refractivity contribution >= 4 is 5.82 Å². The molecule has 0 saturated carbocycles. The second-order valence-corrected chi connectivity index (χ2v) is 4.66. The Hall–Kier alpha value is -1.13. The van der Waals surface area contributed by atoms with Gasteiger partial charge in [-0.1, -0.05) is 0 Å². The summed E-state index contributed by atoms with van der Waals surface area (Å²) < 4.78 is 5.44. The van der Waals surface area contributed by atoms with Crippen molar-refractivity contribution in [2.45, 2.75) is 33.4 Å². The molecule has 4 heteroatoms. The first-order valence-electron chi connectivity index (χ1n) is 6.06. The molecule has 0 aliphatic carbocycles. The Labute approximate surface area is 102 Å². The van der Waals surface area contributed by atoms with E-state index in [-0.39, 0.29) is 6.61 Å². The van der Waals surface area contributed by atoms with E-state index in [0.29, 0.717) is 6.04 Å². The molecule has 1 aromatic rings. The van der Waals surface area contributed by atoms with Crippen LogP contribution in [0, 0.1) is 13.8 Å². The SMILES string of the molecule is Cc1cc(C)c(CO)c(N2CCOCC2C)n1. The summed E-state index contributed by atoms with van der Waals surface area (Å²) in [5.74, 6) is 0.917. The summed E-state index contributed by atoms with van der Waals surface area (Å²) in [5, 5.41) is 9.51. The van der Waals surface area contributed by atoms with Gasteiger partial charge in [0, 0.05) is 17.8 Å². The van der Waals surface area contributed by atoms with E-state index in [1.165, 1.54) is 0 Å². The summed E-state index contributed by atoms with van der Waals surface area (Å²) in [6, 6.07) is 2.32. The van der Waals surface area contributed by atoms with Crippen molar-refractivity contribution in [1.82, 2.24) is 4.98 Å². The van der Waals surface area contributed by atoms with Crippen molar-refractivity contribution in [3.05, 3.63) is 22.9 Å². The van der Waals surface area contributed by atoms with Crippen LogP contribution in [0.4, 0.5) is 5.82 Å². The highest BCUT2D eigenvalue weighted by Crippen LogP contribution is 2.25. The summed E-state index contributed by atoms with van der Waals surface area (Å²) in [6.45, 7) is 8.46. The Morgan fingerprint density at radius 1 is 1.53 bits per heavy atom. The van der Waals surface area contributed by atoms with Gasteiger partial charge >= 0.3 is 0 Å². The van der Waals surface area contributed by atoms with Crippen LogP contribution in [0.3, 0.4) is 0 Å². The van der Waals surface area contributed by atoms with Gasteiger partial charge in [0.25, 0.3) is 0 Å². The lowest BCUT2D eigenvalue weighted by Gasteiger charge is -2.35. The van der Waals surface area contributed by atoms with Gasteiger partial charge in [-0.3, -0.25) is 0 Å². The van der Waals surface area contributed by atoms with Gasteiger partial charge in [0.15, 0.2) is 0 Å². The van der Waals surface area contributed by atoms with Crippen molar-refractivity contribution in [1.29, 1.82) is 0 Å². The molecule has 1 fully saturated rings. The molecule has 94 valence electrons. The number of hydrogen-bond acceptors (Lipinski definition) is 4. The van der Waals surface area contributed by atoms with E-state index in [4.69, 9.17) is 4.74 Å². The van der Waals surface area contributed by atoms with Crippen molar-refractivity contribution < 1.29 is 9.84 Å². The fourth-order valence-corrected chi connectivity index (χ4v) is 2.32. The summed E-state index contributed by atoms with van der Waals surface area (Å²) in [5.41, 5.74) is 3.03. The van der Waals surface area contributed by atoms with Gasteiger partial charge in [0.1, 0.15) is 5.82 Å². The minimum absolute atomic E-state index is 0.0402. The highest BCUT2D eigenvalue weighted by Gasteiger charge is 2.23. The van der Waals surface area contributed by atoms with E-state index < -0.39 is 0 Å². The van der Waals surface area contributed by atoms with Gasteiger partial charge < -0.3 is 14.7 Å². The van der Waals surface area contributed by atoms with Gasteiger partial charge in [-0.15, -0.1) is 0 Å². The van der Waals surface area contributed by atoms with Crippen LogP contribution in [0.5, 0.6) is 0 Å². The average molecular weight is 236 g/mol. The maximum atomic E-state index is 9.51. The largest absolute Gasteiger partial charge is 0.392 e. The molecule has 1 unspecified atom stereocenters. The molecule has 4 nitrogen and oxygen atoms in total. The molecule has 17 heavy (non-hydrogen) atoms. The van der Waals surface area contributed by atoms with Crippen molar-refractivity contribution in [3.8, 4) is 0 Å². The van der Waals surface area contributed by atoms with Gasteiger partial charge in [-0.05, 0) is 32.4 Å². The number of morpholine rings is 1. The molecular weight excluding hydrogens is 216 g/mol. The zero-order valence-electron chi connectivity index (χ0n) is 10.7. The number of rotatable bonds is 2. The molecule has 2 rings (SSSR count). The van der Waals surface area contributed by atoms with Gasteiger partial charge in [-0.2, -0.15) is 0 Å². The van der Waals surface area contributed by atoms with Crippen LogP contribution >= 0.6 is 0 Å². The number of aromatic nitrogens is 1. The Kier molecular flexibility index (Phi) is 3.64. The summed E-state index contributed by atoms with van der Waals surface area (Å²) >= 11 is 0. The highest BCUT2D eigenvalue weighted by molar-refractivity contribution is 5.52. The predicted octanol–water partition coefficient (Wildman–Crippen LogP) is 1.42. The molecule has 0 amide bonds. The zero-order chi connectivity index (χ0) is 12.4. The van der Waals surface area contributed by atoms with Gasteiger partial charge in [0.2, 0.25) is 0 Å². The summed E-state index contributed by atoms with van der Waals surface area (Å²) in [6.07, 6.45) is 0. The lowest BCUT2D eigenvalue weighted by molar-refractivity contribution is 0.0982. The minimum Gasteiger partial charge on any atom is -0.392 e. The number of ether oxygens (including phenoxy) is 1. The molecule has 0 bridgehead atoms. The monoisotopic (exact) mass is 236 g/mol. The van der Waals surface area contributed by atoms with Crippen LogP contribution in [0.25, 0.3) is 0 Å². The maximum Gasteiger partial charge on any atom is 0.135 e. The Morgan fingerprint density at radius 2 is 2.29 bits per heavy atom. The molecule has 0 spiro atoms. The zero-order valence-corrected chi connectivity index (χ0v) is 10.7. The lowest BCUT2D eigenvalue weighted by Crippen LogP contribution is -2.44. The lowest BCUT2D eigenvalue weighted by atomic mass is 10.1. The molecule has 0 radical (unpaired) electrons. The van der Waals surface area contributed by atoms with E-state index in [9.17, 15) is 5.11 Å². The van der Waals surface area contributed by atoms with Crippen molar-refractivity contribution in [2.75, 3.05) is 24.7 Å². The highest BCUT2D eigenvalue weighted by atomic mass is 16.5. The predicted molar refractivity (Wildman–Crippen MR) is 67.3 cm³/mol. The fourth-order valence-electron chi connectivity index (χ4n) is 2.32. The van der Waals surface area contributed by atoms with E-state index in [0.717, 1.165) is 42.4 Å². The average Bonchev–Trinajstić information content (AvgIpc) is 2.28. The van der Waals surface area contributed by atoms with Crippen molar-refractivity contribution in [2.24, 2.45) is 0 Å². The van der Waals surface area contributed by atoms with Crippen LogP contribution in [-0.2, 0) is 11.3 Å². The quantitative estimate of drug-likeness (QED) is 0.843. The molecule has 1 aliphatic heterocycles. The molecule has 1 saturated heterocycles. The van der Waals surface area contributed by atoms with Gasteiger partial charge in [0.05, 0.1) is 25.9 Å². The molecule has 1 aromatic heterocycles. The van der Waals surface area contributed by atoms with E-state index in [2.05, 4.69) is 16.8 Å². The summed E-state index contributed by atoms with van der Waals surface area (Å²) in [4.78, 5) is 6.82. The summed E-state index contributed by atoms with van der Waals surface area (Å²) in [7, 11) is 0. The molecule has 1 N–H and O–H groups in total. The number of aliphatic hydroxyl groups is 1. The van der Waals surface area contributed by atoms with Crippen LogP contribution < -0.4 is 4.90 Å². The first kappa shape index (κ1) is 12.3. The first-order valence-corrected chi connectivity index (χ1v) is 6.06. The normalized spacial score (nSPS) is 20.7. The van der Waals surface area contributed by atoms with E-state index >= 15 is 0 Å². The molecule has 1 atom stereocenters. The van der Waals surface area contributed by atoms with Gasteiger partial charge in [-0.25, -0.2) is 4.98 Å². The Bertz CT molecular complexity index is 407. The number of hydrogen-bond donors (Lipinski definition) is 1. The van der Waals surface area contributed by atoms with Crippen molar-refractivity contribution in [3.63, 3.8) is 0 Å². The standard InChI is InChI=1S/C13H20N2O2/c1-9-6-10(2)14-13(12(9)7-16)15-4-5-17-8-11(15)3/h6,11,16H,4-5,7-8H2,1-3H3. The third-order valence-electron chi connectivity index (χ3n) is 3.25. The maximum absolute atomic E-state index is 9.51. The van der Waals surface area contributed by atoms with Crippen LogP contribution in [-0.4, -0.2) is 35.9 Å². The van der Waals surface area contributed by atoms with Crippen LogP contribution in [0.15, 0.2) is 6.07 Å². The first-order chi connectivity index (χ1) is 8.13. The number of aliphatic hydroxyl groups excluding tert-OH is 1. The molecule has 2 heterocycles. The second kappa shape index (κ2) is 5.02. The second-order valence-electron chi connectivity index (χ2n) is 4.66. The molecular formula is C13H20N2O2. The fraction of sp³-hybridized carbons (Fsp3) is 0.615. The number of anilines is 1. The minimum atomic E-state index is 0.0402. The van der Waals surface area contributed by atoms with E-state index in [1.54, 1.807) is 0 Å². The topological polar surface area (TPSA) is 45.6 Å². The van der Waals surface area contributed by atoms with Crippen LogP contribution in [0.2, 0.25) is 0 Å². The van der Waals surface area contributed by atoms with E-state index in [1.807, 2.05) is 19.9 Å². The Morgan fingerprint density at radius 3 is 2.94 bits per heavy atom.